The number of carbonyl (C=O) groups is 1. The summed E-state index contributed by atoms with van der Waals surface area (Å²) in [6.07, 6.45) is 4.70. The van der Waals surface area contributed by atoms with Crippen LogP contribution < -0.4 is 4.90 Å². The molecule has 2 amide bonds. The molecule has 8 heteroatoms. The van der Waals surface area contributed by atoms with Crippen molar-refractivity contribution in [3.63, 3.8) is 0 Å². The summed E-state index contributed by atoms with van der Waals surface area (Å²) in [5.74, 6) is -1.74. The van der Waals surface area contributed by atoms with E-state index in [2.05, 4.69) is 16.8 Å². The zero-order chi connectivity index (χ0) is 22.5. The quantitative estimate of drug-likeness (QED) is 0.659. The second-order valence-electron chi connectivity index (χ2n) is 10.0. The number of piperidine rings is 2. The lowest BCUT2D eigenvalue weighted by Gasteiger charge is -2.51. The minimum atomic E-state index is -2.67. The molecular formula is C24H31F3N4O. The predicted octanol–water partition coefficient (Wildman–Crippen LogP) is 4.92. The number of nitrogens with zero attached hydrogens (tertiary/aromatic N) is 4. The number of aliphatic imine (C=N–C) groups is 1. The van der Waals surface area contributed by atoms with Crippen molar-refractivity contribution in [3.8, 4) is 0 Å². The highest BCUT2D eigenvalue weighted by atomic mass is 19.3. The fourth-order valence-electron chi connectivity index (χ4n) is 5.86. The number of anilines is 1. The SMILES string of the molecule is C[C@H]1C[C@]2(CCN1CC1CCC1)C(N1CCC(F)(F)CC1)=NC(=O)N2c1cccc(F)c1. The van der Waals surface area contributed by atoms with Crippen LogP contribution in [-0.2, 0) is 0 Å². The molecule has 3 heterocycles. The Morgan fingerprint density at radius 2 is 1.88 bits per heavy atom. The van der Waals surface area contributed by atoms with Crippen molar-refractivity contribution in [1.82, 2.24) is 9.80 Å². The molecule has 4 aliphatic rings. The van der Waals surface area contributed by atoms with Crippen LogP contribution in [0, 0.1) is 11.7 Å². The molecule has 3 aliphatic heterocycles. The first kappa shape index (κ1) is 21.7. The molecule has 1 saturated carbocycles. The van der Waals surface area contributed by atoms with Crippen LogP contribution in [0.25, 0.3) is 0 Å². The van der Waals surface area contributed by atoms with Gasteiger partial charge in [0.2, 0.25) is 0 Å². The highest BCUT2D eigenvalue weighted by Crippen LogP contribution is 2.44. The van der Waals surface area contributed by atoms with Crippen molar-refractivity contribution in [1.29, 1.82) is 0 Å². The van der Waals surface area contributed by atoms with Gasteiger partial charge in [0.05, 0.1) is 0 Å². The van der Waals surface area contributed by atoms with E-state index in [1.54, 1.807) is 17.0 Å². The highest BCUT2D eigenvalue weighted by Gasteiger charge is 2.56. The molecule has 0 bridgehead atoms. The third kappa shape index (κ3) is 3.80. The van der Waals surface area contributed by atoms with Crippen molar-refractivity contribution in [2.45, 2.75) is 69.4 Å². The van der Waals surface area contributed by atoms with Crippen LogP contribution in [0.4, 0.5) is 23.7 Å². The van der Waals surface area contributed by atoms with Gasteiger partial charge in [0, 0.05) is 50.7 Å². The van der Waals surface area contributed by atoms with Gasteiger partial charge in [-0.3, -0.25) is 4.90 Å². The average Bonchev–Trinajstić information content (AvgIpc) is 2.97. The molecule has 1 spiro atoms. The fourth-order valence-corrected chi connectivity index (χ4v) is 5.86. The largest absolute Gasteiger partial charge is 0.357 e. The monoisotopic (exact) mass is 448 g/mol. The van der Waals surface area contributed by atoms with E-state index in [1.165, 1.54) is 31.4 Å². The van der Waals surface area contributed by atoms with Gasteiger partial charge in [-0.25, -0.2) is 18.0 Å². The summed E-state index contributed by atoms with van der Waals surface area (Å²) >= 11 is 0. The van der Waals surface area contributed by atoms with Crippen LogP contribution in [0.2, 0.25) is 0 Å². The molecule has 5 nitrogen and oxygen atoms in total. The van der Waals surface area contributed by atoms with Crippen molar-refractivity contribution in [2.24, 2.45) is 10.9 Å². The molecule has 3 fully saturated rings. The standard InChI is InChI=1S/C24H31F3N4O/c1-17-15-23(8-11-30(17)16-18-4-2-5-18)21(29-12-9-24(26,27)10-13-29)28-22(32)31(23)20-7-3-6-19(25)14-20/h3,6-7,14,17-18H,2,4-5,8-13,15-16H2,1H3/t17-,23+/m0/s1. The lowest BCUT2D eigenvalue weighted by molar-refractivity contribution is -0.0446. The van der Waals surface area contributed by atoms with Crippen LogP contribution in [-0.4, -0.2) is 65.3 Å². The minimum Gasteiger partial charge on any atom is -0.357 e. The second kappa shape index (κ2) is 8.04. The number of hydrogen-bond donors (Lipinski definition) is 0. The average molecular weight is 449 g/mol. The van der Waals surface area contributed by atoms with Crippen molar-refractivity contribution in [2.75, 3.05) is 31.1 Å². The number of halogens is 3. The van der Waals surface area contributed by atoms with Crippen LogP contribution in [0.15, 0.2) is 29.3 Å². The zero-order valence-electron chi connectivity index (χ0n) is 18.6. The van der Waals surface area contributed by atoms with Gasteiger partial charge in [-0.15, -0.1) is 0 Å². The van der Waals surface area contributed by atoms with Gasteiger partial charge in [0.25, 0.3) is 5.92 Å². The topological polar surface area (TPSA) is 39.1 Å². The molecule has 5 rings (SSSR count). The Bertz CT molecular complexity index is 908. The number of rotatable bonds is 3. The summed E-state index contributed by atoms with van der Waals surface area (Å²) in [6.45, 7) is 4.40. The summed E-state index contributed by atoms with van der Waals surface area (Å²) in [7, 11) is 0. The number of benzene rings is 1. The Balaban J connectivity index is 1.46. The summed E-state index contributed by atoms with van der Waals surface area (Å²) in [6, 6.07) is 5.84. The number of likely N-dealkylation sites (tertiary alicyclic amines) is 2. The molecule has 0 aromatic heterocycles. The summed E-state index contributed by atoms with van der Waals surface area (Å²) in [5.41, 5.74) is -0.247. The Hall–Kier alpha value is -2.09. The predicted molar refractivity (Wildman–Crippen MR) is 118 cm³/mol. The third-order valence-electron chi connectivity index (χ3n) is 7.88. The van der Waals surface area contributed by atoms with Gasteiger partial charge in [-0.05, 0) is 56.7 Å². The molecule has 174 valence electrons. The van der Waals surface area contributed by atoms with E-state index in [-0.39, 0.29) is 32.0 Å². The van der Waals surface area contributed by atoms with E-state index in [1.807, 2.05) is 4.90 Å². The molecule has 0 radical (unpaired) electrons. The maximum Gasteiger partial charge on any atom is 0.350 e. The summed E-state index contributed by atoms with van der Waals surface area (Å²) in [4.78, 5) is 23.6. The molecular weight excluding hydrogens is 417 g/mol. The number of alkyl halides is 2. The minimum absolute atomic E-state index is 0.179. The molecule has 1 aliphatic carbocycles. The van der Waals surface area contributed by atoms with Crippen molar-refractivity contribution >= 4 is 17.6 Å². The van der Waals surface area contributed by atoms with Gasteiger partial charge in [0.15, 0.2) is 0 Å². The van der Waals surface area contributed by atoms with Crippen LogP contribution in [0.3, 0.4) is 0 Å². The molecule has 0 N–H and O–H groups in total. The van der Waals surface area contributed by atoms with E-state index in [0.717, 1.165) is 19.0 Å². The first-order valence-corrected chi connectivity index (χ1v) is 11.8. The maximum absolute atomic E-state index is 14.1. The molecule has 32 heavy (non-hydrogen) atoms. The Morgan fingerprint density at radius 1 is 1.12 bits per heavy atom. The van der Waals surface area contributed by atoms with Gasteiger partial charge in [-0.2, -0.15) is 4.99 Å². The fraction of sp³-hybridized carbons (Fsp3) is 0.667. The van der Waals surface area contributed by atoms with Gasteiger partial charge in [-0.1, -0.05) is 12.5 Å². The van der Waals surface area contributed by atoms with E-state index in [4.69, 9.17) is 0 Å². The molecule has 2 atom stereocenters. The Labute approximate surface area is 187 Å². The van der Waals surface area contributed by atoms with Crippen molar-refractivity contribution < 1.29 is 18.0 Å². The third-order valence-corrected chi connectivity index (χ3v) is 7.88. The normalized spacial score (nSPS) is 31.2. The first-order valence-electron chi connectivity index (χ1n) is 11.8. The Kier molecular flexibility index (Phi) is 5.47. The van der Waals surface area contributed by atoms with Crippen LogP contribution in [0.1, 0.15) is 51.9 Å². The van der Waals surface area contributed by atoms with Gasteiger partial charge >= 0.3 is 6.03 Å². The summed E-state index contributed by atoms with van der Waals surface area (Å²) in [5, 5.41) is 0. The molecule has 2 saturated heterocycles. The Morgan fingerprint density at radius 3 is 2.50 bits per heavy atom. The van der Waals surface area contributed by atoms with E-state index < -0.39 is 23.3 Å². The molecule has 0 unspecified atom stereocenters. The highest BCUT2D eigenvalue weighted by molar-refractivity contribution is 6.16. The zero-order valence-corrected chi connectivity index (χ0v) is 18.6. The van der Waals surface area contributed by atoms with Crippen LogP contribution in [0.5, 0.6) is 0 Å². The number of hydrogen-bond acceptors (Lipinski definition) is 3. The van der Waals surface area contributed by atoms with Crippen molar-refractivity contribution in [3.05, 3.63) is 30.1 Å². The second-order valence-corrected chi connectivity index (χ2v) is 10.0. The van der Waals surface area contributed by atoms with Crippen LogP contribution >= 0.6 is 0 Å². The summed E-state index contributed by atoms with van der Waals surface area (Å²) < 4.78 is 41.8. The van der Waals surface area contributed by atoms with E-state index in [0.29, 0.717) is 24.4 Å². The number of amides is 2. The van der Waals surface area contributed by atoms with E-state index in [9.17, 15) is 18.0 Å². The smallest absolute Gasteiger partial charge is 0.350 e. The first-order chi connectivity index (χ1) is 15.3. The maximum atomic E-state index is 14.1. The lowest BCUT2D eigenvalue weighted by atomic mass is 9.78. The number of amidine groups is 1. The van der Waals surface area contributed by atoms with Gasteiger partial charge in [0.1, 0.15) is 17.2 Å². The number of urea groups is 1. The van der Waals surface area contributed by atoms with Gasteiger partial charge < -0.3 is 9.80 Å². The lowest BCUT2D eigenvalue weighted by Crippen LogP contribution is -2.64. The number of carbonyl (C=O) groups excluding carboxylic acids is 1. The van der Waals surface area contributed by atoms with E-state index >= 15 is 0 Å². The molecule has 1 aromatic carbocycles. The molecule has 1 aromatic rings.